The Bertz CT molecular complexity index is 923. The SMILES string of the molecule is CC(=O)N1N=C(c2ccncc2)OC1c1cnn(-c2ccccc2)n1. The molecule has 1 unspecified atom stereocenters. The summed E-state index contributed by atoms with van der Waals surface area (Å²) in [7, 11) is 0. The first-order valence-electron chi connectivity index (χ1n) is 7.65. The summed E-state index contributed by atoms with van der Waals surface area (Å²) in [6.07, 6.45) is 4.09. The third-order valence-electron chi connectivity index (χ3n) is 3.64. The molecule has 8 nitrogen and oxygen atoms in total. The van der Waals surface area contributed by atoms with E-state index < -0.39 is 6.23 Å². The fourth-order valence-corrected chi connectivity index (χ4v) is 2.44. The minimum atomic E-state index is -0.752. The van der Waals surface area contributed by atoms with Crippen molar-refractivity contribution in [3.63, 3.8) is 0 Å². The van der Waals surface area contributed by atoms with Crippen LogP contribution < -0.4 is 0 Å². The van der Waals surface area contributed by atoms with Crippen molar-refractivity contribution in [2.24, 2.45) is 5.10 Å². The summed E-state index contributed by atoms with van der Waals surface area (Å²) in [4.78, 5) is 17.4. The predicted octanol–water partition coefficient (Wildman–Crippen LogP) is 1.90. The van der Waals surface area contributed by atoms with Gasteiger partial charge in [0.15, 0.2) is 0 Å². The van der Waals surface area contributed by atoms with Crippen molar-refractivity contribution in [2.45, 2.75) is 13.2 Å². The number of nitrogens with zero attached hydrogens (tertiary/aromatic N) is 6. The molecule has 124 valence electrons. The lowest BCUT2D eigenvalue weighted by molar-refractivity contribution is -0.135. The van der Waals surface area contributed by atoms with E-state index in [0.29, 0.717) is 11.6 Å². The number of hydrazone groups is 1. The van der Waals surface area contributed by atoms with Gasteiger partial charge in [0.2, 0.25) is 18.0 Å². The Labute approximate surface area is 143 Å². The molecule has 4 rings (SSSR count). The van der Waals surface area contributed by atoms with Crippen molar-refractivity contribution in [3.05, 3.63) is 72.3 Å². The number of carbonyl (C=O) groups excluding carboxylic acids is 1. The maximum Gasteiger partial charge on any atom is 0.243 e. The third kappa shape index (κ3) is 2.85. The Morgan fingerprint density at radius 2 is 1.88 bits per heavy atom. The molecule has 0 bridgehead atoms. The number of carbonyl (C=O) groups is 1. The van der Waals surface area contributed by atoms with Crippen LogP contribution in [0.2, 0.25) is 0 Å². The highest BCUT2D eigenvalue weighted by Crippen LogP contribution is 2.28. The maximum absolute atomic E-state index is 12.0. The molecule has 0 saturated carbocycles. The molecule has 3 aromatic rings. The molecule has 25 heavy (non-hydrogen) atoms. The minimum absolute atomic E-state index is 0.247. The molecule has 0 saturated heterocycles. The van der Waals surface area contributed by atoms with E-state index in [2.05, 4.69) is 20.3 Å². The van der Waals surface area contributed by atoms with Crippen LogP contribution in [0.4, 0.5) is 0 Å². The predicted molar refractivity (Wildman–Crippen MR) is 88.5 cm³/mol. The molecular weight excluding hydrogens is 320 g/mol. The number of rotatable bonds is 3. The standard InChI is InChI=1S/C17H14N6O2/c1-12(24)22-17(25-16(21-22)13-7-9-18-10-8-13)15-11-19-23(20-15)14-5-3-2-4-6-14/h2-11,17H,1H3. The van der Waals surface area contributed by atoms with Gasteiger partial charge in [-0.05, 0) is 24.3 Å². The molecule has 1 amide bonds. The second-order valence-electron chi connectivity index (χ2n) is 5.37. The van der Waals surface area contributed by atoms with Gasteiger partial charge in [-0.2, -0.15) is 14.9 Å². The summed E-state index contributed by atoms with van der Waals surface area (Å²) in [6, 6.07) is 13.0. The van der Waals surface area contributed by atoms with Gasteiger partial charge in [0.1, 0.15) is 5.69 Å². The van der Waals surface area contributed by atoms with Crippen LogP contribution in [0.5, 0.6) is 0 Å². The molecule has 0 spiro atoms. The number of para-hydroxylation sites is 1. The summed E-state index contributed by atoms with van der Waals surface area (Å²) in [6.45, 7) is 1.43. The smallest absolute Gasteiger partial charge is 0.243 e. The first-order valence-corrected chi connectivity index (χ1v) is 7.65. The van der Waals surface area contributed by atoms with E-state index in [1.807, 2.05) is 30.3 Å². The largest absolute Gasteiger partial charge is 0.444 e. The average molecular weight is 334 g/mol. The summed E-state index contributed by atoms with van der Waals surface area (Å²) in [5.74, 6) is 0.0974. The normalized spacial score (nSPS) is 16.4. The zero-order chi connectivity index (χ0) is 17.2. The highest BCUT2D eigenvalue weighted by atomic mass is 16.5. The molecule has 0 radical (unpaired) electrons. The Kier molecular flexibility index (Phi) is 3.70. The molecule has 1 aliphatic heterocycles. The quantitative estimate of drug-likeness (QED) is 0.730. The van der Waals surface area contributed by atoms with Crippen molar-refractivity contribution < 1.29 is 9.53 Å². The number of hydrogen-bond acceptors (Lipinski definition) is 6. The van der Waals surface area contributed by atoms with Crippen LogP contribution in [-0.4, -0.2) is 36.8 Å². The van der Waals surface area contributed by atoms with Gasteiger partial charge in [-0.3, -0.25) is 9.78 Å². The highest BCUT2D eigenvalue weighted by Gasteiger charge is 2.35. The van der Waals surface area contributed by atoms with Gasteiger partial charge >= 0.3 is 0 Å². The number of hydrogen-bond donors (Lipinski definition) is 0. The highest BCUT2D eigenvalue weighted by molar-refractivity contribution is 5.96. The topological polar surface area (TPSA) is 85.5 Å². The van der Waals surface area contributed by atoms with E-state index in [4.69, 9.17) is 4.74 Å². The Morgan fingerprint density at radius 1 is 1.12 bits per heavy atom. The number of pyridine rings is 1. The lowest BCUT2D eigenvalue weighted by atomic mass is 10.3. The van der Waals surface area contributed by atoms with Gasteiger partial charge in [-0.25, -0.2) is 0 Å². The number of ether oxygens (including phenoxy) is 1. The molecule has 1 atom stereocenters. The summed E-state index contributed by atoms with van der Waals surface area (Å²) in [5, 5.41) is 14.2. The van der Waals surface area contributed by atoms with E-state index in [0.717, 1.165) is 11.3 Å². The van der Waals surface area contributed by atoms with Gasteiger partial charge in [0.25, 0.3) is 0 Å². The Morgan fingerprint density at radius 3 is 2.60 bits per heavy atom. The lowest BCUT2D eigenvalue weighted by Crippen LogP contribution is -2.25. The third-order valence-corrected chi connectivity index (χ3v) is 3.64. The van der Waals surface area contributed by atoms with Gasteiger partial charge in [-0.15, -0.1) is 10.2 Å². The van der Waals surface area contributed by atoms with Crippen LogP contribution in [-0.2, 0) is 9.53 Å². The number of amides is 1. The van der Waals surface area contributed by atoms with E-state index in [1.165, 1.54) is 16.7 Å². The number of benzene rings is 1. The fourth-order valence-electron chi connectivity index (χ4n) is 2.44. The van der Waals surface area contributed by atoms with Crippen molar-refractivity contribution in [1.29, 1.82) is 0 Å². The molecule has 0 N–H and O–H groups in total. The molecule has 8 heteroatoms. The van der Waals surface area contributed by atoms with Crippen LogP contribution in [0.3, 0.4) is 0 Å². The van der Waals surface area contributed by atoms with E-state index in [1.54, 1.807) is 30.7 Å². The first-order chi connectivity index (χ1) is 12.2. The van der Waals surface area contributed by atoms with Crippen LogP contribution in [0.25, 0.3) is 5.69 Å². The van der Waals surface area contributed by atoms with Crippen LogP contribution >= 0.6 is 0 Å². The van der Waals surface area contributed by atoms with Crippen LogP contribution in [0.15, 0.2) is 66.2 Å². The second kappa shape index (κ2) is 6.16. The lowest BCUT2D eigenvalue weighted by Gasteiger charge is -2.16. The summed E-state index contributed by atoms with van der Waals surface area (Å²) < 4.78 is 5.87. The molecule has 3 heterocycles. The van der Waals surface area contributed by atoms with Crippen molar-refractivity contribution >= 4 is 11.8 Å². The van der Waals surface area contributed by atoms with Gasteiger partial charge in [0, 0.05) is 24.9 Å². The van der Waals surface area contributed by atoms with E-state index in [9.17, 15) is 4.79 Å². The maximum atomic E-state index is 12.0. The average Bonchev–Trinajstić information content (AvgIpc) is 3.30. The zero-order valence-corrected chi connectivity index (χ0v) is 13.4. The zero-order valence-electron chi connectivity index (χ0n) is 13.4. The van der Waals surface area contributed by atoms with Crippen molar-refractivity contribution in [2.75, 3.05) is 0 Å². The molecule has 1 aliphatic rings. The van der Waals surface area contributed by atoms with Crippen LogP contribution in [0.1, 0.15) is 24.4 Å². The van der Waals surface area contributed by atoms with Gasteiger partial charge < -0.3 is 4.74 Å². The first kappa shape index (κ1) is 15.0. The van der Waals surface area contributed by atoms with E-state index in [-0.39, 0.29) is 5.91 Å². The second-order valence-corrected chi connectivity index (χ2v) is 5.37. The van der Waals surface area contributed by atoms with E-state index >= 15 is 0 Å². The van der Waals surface area contributed by atoms with Gasteiger partial charge in [0.05, 0.1) is 11.9 Å². The van der Waals surface area contributed by atoms with Gasteiger partial charge in [-0.1, -0.05) is 18.2 Å². The Balaban J connectivity index is 1.64. The molecule has 0 aliphatic carbocycles. The van der Waals surface area contributed by atoms with Crippen LogP contribution in [0, 0.1) is 0 Å². The molecule has 0 fully saturated rings. The molecular formula is C17H14N6O2. The fraction of sp³-hybridized carbons (Fsp3) is 0.118. The van der Waals surface area contributed by atoms with Crippen molar-refractivity contribution in [1.82, 2.24) is 25.0 Å². The monoisotopic (exact) mass is 334 g/mol. The minimum Gasteiger partial charge on any atom is -0.444 e. The summed E-state index contributed by atoms with van der Waals surface area (Å²) in [5.41, 5.74) is 2.04. The Hall–Kier alpha value is -3.55. The summed E-state index contributed by atoms with van der Waals surface area (Å²) >= 11 is 0. The number of aromatic nitrogens is 4. The molecule has 2 aromatic heterocycles. The molecule has 1 aromatic carbocycles. The van der Waals surface area contributed by atoms with Crippen molar-refractivity contribution in [3.8, 4) is 5.69 Å².